The minimum absolute atomic E-state index is 0. The molecule has 0 bridgehead atoms. The van der Waals surface area contributed by atoms with Gasteiger partial charge in [0.05, 0.1) is 0 Å². The summed E-state index contributed by atoms with van der Waals surface area (Å²) in [7, 11) is 0. The Morgan fingerprint density at radius 1 is 1.00 bits per heavy atom. The Labute approximate surface area is 94.4 Å². The Bertz CT molecular complexity index is 302. The van der Waals surface area contributed by atoms with Crippen molar-refractivity contribution in [3.63, 3.8) is 0 Å². The van der Waals surface area contributed by atoms with Crippen molar-refractivity contribution in [1.29, 1.82) is 0 Å². The van der Waals surface area contributed by atoms with Gasteiger partial charge in [0.25, 0.3) is 0 Å². The van der Waals surface area contributed by atoms with Crippen molar-refractivity contribution in [2.75, 3.05) is 0 Å². The molecule has 0 saturated carbocycles. The monoisotopic (exact) mass is 230 g/mol. The van der Waals surface area contributed by atoms with Crippen molar-refractivity contribution < 1.29 is 21.3 Å². The van der Waals surface area contributed by atoms with Gasteiger partial charge in [-0.3, -0.25) is 0 Å². The predicted molar refractivity (Wildman–Crippen MR) is 54.1 cm³/mol. The van der Waals surface area contributed by atoms with E-state index >= 15 is 0 Å². The van der Waals surface area contributed by atoms with Gasteiger partial charge in [-0.2, -0.15) is 12.1 Å². The number of ketones is 1. The van der Waals surface area contributed by atoms with Gasteiger partial charge in [-0.05, 0) is 6.92 Å². The standard InChI is InChI=1S/C7H7O.C5H5.Ni/c1-6(8)7-4-2-3-5-7;1-2-4-5-3-1;/h2-5H,1H3;1-5H;/q-1;-5;. The zero-order chi connectivity index (χ0) is 9.52. The van der Waals surface area contributed by atoms with Crippen LogP contribution in [0.15, 0.2) is 54.6 Å². The minimum atomic E-state index is 0. The summed E-state index contributed by atoms with van der Waals surface area (Å²) < 4.78 is 0. The number of hydrogen-bond acceptors (Lipinski definition) is 1. The van der Waals surface area contributed by atoms with Crippen molar-refractivity contribution >= 4 is 5.78 Å². The third-order valence-corrected chi connectivity index (χ3v) is 1.62. The van der Waals surface area contributed by atoms with Crippen molar-refractivity contribution in [3.05, 3.63) is 60.2 Å². The largest absolute Gasteiger partial charge is 0.748 e. The first-order valence-electron chi connectivity index (χ1n) is 4.20. The fourth-order valence-corrected chi connectivity index (χ4v) is 0.929. The normalized spacial score (nSPS) is 8.07. The van der Waals surface area contributed by atoms with Crippen LogP contribution < -0.4 is 0 Å². The van der Waals surface area contributed by atoms with E-state index in [1.54, 1.807) is 6.92 Å². The van der Waals surface area contributed by atoms with Crippen LogP contribution in [0.5, 0.6) is 0 Å². The van der Waals surface area contributed by atoms with Crippen LogP contribution in [0, 0.1) is 0 Å². The number of rotatable bonds is 1. The van der Waals surface area contributed by atoms with Crippen LogP contribution in [-0.4, -0.2) is 5.78 Å². The third-order valence-electron chi connectivity index (χ3n) is 1.62. The zero-order valence-corrected chi connectivity index (χ0v) is 8.91. The summed E-state index contributed by atoms with van der Waals surface area (Å²) in [6.07, 6.45) is 0. The summed E-state index contributed by atoms with van der Waals surface area (Å²) in [6.45, 7) is 1.56. The van der Waals surface area contributed by atoms with Gasteiger partial charge in [0.2, 0.25) is 0 Å². The molecule has 0 aliphatic heterocycles. The predicted octanol–water partition coefficient (Wildman–Crippen LogP) is 3.01. The van der Waals surface area contributed by atoms with Crippen LogP contribution in [0.2, 0.25) is 0 Å². The van der Waals surface area contributed by atoms with Gasteiger partial charge in [0, 0.05) is 16.5 Å². The molecule has 2 aromatic rings. The molecule has 14 heavy (non-hydrogen) atoms. The fraction of sp³-hybridized carbons (Fsp3) is 0.0833. The van der Waals surface area contributed by atoms with E-state index in [0.29, 0.717) is 0 Å². The first kappa shape index (κ1) is 12.9. The molecule has 0 atom stereocenters. The molecule has 0 radical (unpaired) electrons. The van der Waals surface area contributed by atoms with Crippen LogP contribution in [0.1, 0.15) is 17.3 Å². The molecule has 0 amide bonds. The Morgan fingerprint density at radius 3 is 1.57 bits per heavy atom. The number of Topliss-reactive ketones (excluding diaryl/α,β-unsaturated/α-hetero) is 1. The van der Waals surface area contributed by atoms with Crippen molar-refractivity contribution in [1.82, 2.24) is 0 Å². The van der Waals surface area contributed by atoms with Gasteiger partial charge >= 0.3 is 0 Å². The van der Waals surface area contributed by atoms with Gasteiger partial charge in [-0.1, -0.05) is 5.56 Å². The van der Waals surface area contributed by atoms with Gasteiger partial charge < -0.3 is 35.1 Å². The van der Waals surface area contributed by atoms with E-state index in [-0.39, 0.29) is 22.3 Å². The number of hydrogen-bond donors (Lipinski definition) is 0. The number of carbonyl (C=O) groups is 1. The molecule has 2 heteroatoms. The summed E-state index contributed by atoms with van der Waals surface area (Å²) in [4.78, 5) is 10.5. The molecule has 0 unspecified atom stereocenters. The second-order valence-corrected chi connectivity index (χ2v) is 2.69. The van der Waals surface area contributed by atoms with Crippen LogP contribution in [0.4, 0.5) is 0 Å². The number of carbonyl (C=O) groups excluding carboxylic acids is 1. The molecule has 0 aliphatic carbocycles. The average Bonchev–Trinajstić information content (AvgIpc) is 2.82. The molecule has 0 spiro atoms. The Hall–Kier alpha value is -1.14. The van der Waals surface area contributed by atoms with Crippen LogP contribution in [0.25, 0.3) is 0 Å². The molecule has 2 aromatic carbocycles. The first-order valence-corrected chi connectivity index (χ1v) is 4.20. The van der Waals surface area contributed by atoms with Gasteiger partial charge in [0.1, 0.15) is 5.78 Å². The Morgan fingerprint density at radius 2 is 1.36 bits per heavy atom. The van der Waals surface area contributed by atoms with E-state index in [1.807, 2.05) is 54.6 Å². The van der Waals surface area contributed by atoms with Crippen LogP contribution >= 0.6 is 0 Å². The second-order valence-electron chi connectivity index (χ2n) is 2.69. The molecule has 0 aliphatic rings. The van der Waals surface area contributed by atoms with Crippen molar-refractivity contribution in [2.45, 2.75) is 6.92 Å². The van der Waals surface area contributed by atoms with E-state index in [2.05, 4.69) is 0 Å². The van der Waals surface area contributed by atoms with E-state index in [0.717, 1.165) is 5.56 Å². The molecular formula is C12H12NiO-6. The molecular weight excluding hydrogens is 219 g/mol. The summed E-state index contributed by atoms with van der Waals surface area (Å²) in [6, 6.07) is 17.3. The quantitative estimate of drug-likeness (QED) is 0.418. The van der Waals surface area contributed by atoms with E-state index in [9.17, 15) is 4.79 Å². The average molecular weight is 231 g/mol. The van der Waals surface area contributed by atoms with Gasteiger partial charge in [-0.25, -0.2) is 12.1 Å². The third kappa shape index (κ3) is 4.78. The molecule has 82 valence electrons. The molecule has 0 saturated heterocycles. The van der Waals surface area contributed by atoms with E-state index < -0.39 is 0 Å². The maximum absolute atomic E-state index is 10.5. The molecule has 2 rings (SSSR count). The maximum Gasteiger partial charge on any atom is 0.105 e. The SMILES string of the molecule is CC(=O)[c-]1cccc1.[Ni].[cH-]1[cH-][cH-][cH-][cH-]1. The summed E-state index contributed by atoms with van der Waals surface area (Å²) in [5.41, 5.74) is 0.796. The zero-order valence-electron chi connectivity index (χ0n) is 7.92. The summed E-state index contributed by atoms with van der Waals surface area (Å²) in [5, 5.41) is 0. The van der Waals surface area contributed by atoms with Crippen LogP contribution in [0.3, 0.4) is 0 Å². The summed E-state index contributed by atoms with van der Waals surface area (Å²) >= 11 is 0. The summed E-state index contributed by atoms with van der Waals surface area (Å²) in [5.74, 6) is 0.134. The second kappa shape index (κ2) is 7.28. The van der Waals surface area contributed by atoms with Crippen LogP contribution in [-0.2, 0) is 16.5 Å². The topological polar surface area (TPSA) is 17.1 Å². The van der Waals surface area contributed by atoms with Crippen molar-refractivity contribution in [3.8, 4) is 0 Å². The smallest absolute Gasteiger partial charge is 0.105 e. The Kier molecular flexibility index (Phi) is 6.69. The molecule has 0 fully saturated rings. The molecule has 0 heterocycles. The fourth-order valence-electron chi connectivity index (χ4n) is 0.929. The van der Waals surface area contributed by atoms with E-state index in [4.69, 9.17) is 0 Å². The minimum Gasteiger partial charge on any atom is -0.748 e. The first-order chi connectivity index (χ1) is 6.30. The van der Waals surface area contributed by atoms with Gasteiger partial charge in [-0.15, -0.1) is 0 Å². The van der Waals surface area contributed by atoms with E-state index in [1.165, 1.54) is 0 Å². The maximum atomic E-state index is 10.5. The van der Waals surface area contributed by atoms with Crippen molar-refractivity contribution in [2.24, 2.45) is 0 Å². The molecule has 0 aromatic heterocycles. The molecule has 1 nitrogen and oxygen atoms in total. The Balaban J connectivity index is 0.000000246. The van der Waals surface area contributed by atoms with Gasteiger partial charge in [0.15, 0.2) is 0 Å². The molecule has 0 N–H and O–H groups in total.